The van der Waals surface area contributed by atoms with E-state index in [1.165, 1.54) is 7.11 Å². The third-order valence-electron chi connectivity index (χ3n) is 6.40. The van der Waals surface area contributed by atoms with E-state index < -0.39 is 0 Å². The van der Waals surface area contributed by atoms with E-state index in [1.54, 1.807) is 29.3 Å². The average molecular weight is 476 g/mol. The number of hydrogen-bond donors (Lipinski definition) is 1. The van der Waals surface area contributed by atoms with Crippen molar-refractivity contribution in [1.29, 1.82) is 0 Å². The zero-order valence-corrected chi connectivity index (χ0v) is 19.5. The van der Waals surface area contributed by atoms with Gasteiger partial charge >= 0.3 is 5.97 Å². The van der Waals surface area contributed by atoms with Crippen molar-refractivity contribution in [3.63, 3.8) is 0 Å². The second-order valence-corrected chi connectivity index (χ2v) is 8.59. The Kier molecular flexibility index (Phi) is 5.20. The lowest BCUT2D eigenvalue weighted by Crippen LogP contribution is -2.37. The lowest BCUT2D eigenvalue weighted by atomic mass is 10.2. The number of rotatable bonds is 2. The number of aromatic nitrogens is 7. The fourth-order valence-corrected chi connectivity index (χ4v) is 4.73. The first kappa shape index (κ1) is 21.3. The number of pyridine rings is 1. The van der Waals surface area contributed by atoms with Gasteiger partial charge in [0.2, 0.25) is 5.88 Å². The molecular weight excluding hydrogens is 450 g/mol. The largest absolute Gasteiger partial charge is 0.477 e. The Hall–Kier alpha value is -4.22. The highest BCUT2D eigenvalue weighted by molar-refractivity contribution is 5.94. The first-order valence-electron chi connectivity index (χ1n) is 11.6. The number of nitrogens with one attached hydrogen (secondary N) is 1. The number of nitrogens with zero attached hydrogens (tertiary/aromatic N) is 8. The summed E-state index contributed by atoms with van der Waals surface area (Å²) in [6.45, 7) is 1.83. The van der Waals surface area contributed by atoms with Gasteiger partial charge in [-0.25, -0.2) is 24.4 Å². The van der Waals surface area contributed by atoms with Crippen LogP contribution in [0.4, 0.5) is 17.5 Å². The predicted molar refractivity (Wildman–Crippen MR) is 128 cm³/mol. The molecule has 6 rings (SSSR count). The number of esters is 1. The van der Waals surface area contributed by atoms with Crippen LogP contribution in [-0.2, 0) is 23.1 Å². The quantitative estimate of drug-likeness (QED) is 0.432. The van der Waals surface area contributed by atoms with Gasteiger partial charge in [0.05, 0.1) is 30.8 Å². The van der Waals surface area contributed by atoms with Crippen LogP contribution < -0.4 is 15.0 Å². The molecule has 0 amide bonds. The van der Waals surface area contributed by atoms with Crippen LogP contribution in [0.5, 0.6) is 5.88 Å². The molecule has 35 heavy (non-hydrogen) atoms. The molecule has 0 spiro atoms. The molecule has 0 aromatic carbocycles. The van der Waals surface area contributed by atoms with Gasteiger partial charge < -0.3 is 19.7 Å². The number of ether oxygens (including phenoxy) is 2. The third-order valence-corrected chi connectivity index (χ3v) is 6.40. The maximum absolute atomic E-state index is 12.4. The van der Waals surface area contributed by atoms with Gasteiger partial charge in [0.25, 0.3) is 0 Å². The number of anilines is 3. The molecule has 0 aliphatic carbocycles. The van der Waals surface area contributed by atoms with Crippen molar-refractivity contribution in [2.24, 2.45) is 7.05 Å². The van der Waals surface area contributed by atoms with Crippen LogP contribution in [-0.4, -0.2) is 66.8 Å². The Morgan fingerprint density at radius 1 is 1.20 bits per heavy atom. The minimum atomic E-state index is -0.343. The fourth-order valence-electron chi connectivity index (χ4n) is 4.73. The van der Waals surface area contributed by atoms with Gasteiger partial charge in [0, 0.05) is 45.0 Å². The molecule has 1 unspecified atom stereocenters. The van der Waals surface area contributed by atoms with Gasteiger partial charge in [0.15, 0.2) is 11.6 Å². The molecular formula is C23H25N9O3. The van der Waals surface area contributed by atoms with Crippen molar-refractivity contribution < 1.29 is 14.3 Å². The average Bonchev–Trinajstić information content (AvgIpc) is 3.58. The number of aryl methyl sites for hydroxylation is 2. The van der Waals surface area contributed by atoms with Crippen molar-refractivity contribution in [1.82, 2.24) is 34.5 Å². The molecule has 6 heterocycles. The zero-order valence-electron chi connectivity index (χ0n) is 19.5. The number of fused-ring (bicyclic) bond motifs is 5. The van der Waals surface area contributed by atoms with E-state index in [9.17, 15) is 4.79 Å². The second-order valence-electron chi connectivity index (χ2n) is 8.59. The van der Waals surface area contributed by atoms with E-state index >= 15 is 0 Å². The minimum Gasteiger partial charge on any atom is -0.477 e. The van der Waals surface area contributed by atoms with Crippen LogP contribution in [0.1, 0.15) is 19.3 Å². The van der Waals surface area contributed by atoms with E-state index in [0.717, 1.165) is 41.7 Å². The van der Waals surface area contributed by atoms with Crippen LogP contribution in [0.3, 0.4) is 0 Å². The summed E-state index contributed by atoms with van der Waals surface area (Å²) < 4.78 is 14.8. The summed E-state index contributed by atoms with van der Waals surface area (Å²) in [5, 5.41) is 13.4. The predicted octanol–water partition coefficient (Wildman–Crippen LogP) is 2.29. The first-order valence-corrected chi connectivity index (χ1v) is 11.6. The number of carbonyl (C=O) groups is 1. The van der Waals surface area contributed by atoms with Crippen LogP contribution in [0.25, 0.3) is 22.3 Å². The monoisotopic (exact) mass is 475 g/mol. The van der Waals surface area contributed by atoms with Gasteiger partial charge in [-0.2, -0.15) is 10.2 Å². The Morgan fingerprint density at radius 2 is 2.11 bits per heavy atom. The maximum Gasteiger partial charge on any atom is 0.328 e. The van der Waals surface area contributed by atoms with E-state index in [1.807, 2.05) is 22.7 Å². The Balaban J connectivity index is 1.43. The van der Waals surface area contributed by atoms with Gasteiger partial charge in [-0.15, -0.1) is 0 Å². The molecule has 1 fully saturated rings. The number of hydrogen-bond acceptors (Lipinski definition) is 10. The van der Waals surface area contributed by atoms with Gasteiger partial charge in [0.1, 0.15) is 23.2 Å². The van der Waals surface area contributed by atoms with E-state index in [0.29, 0.717) is 42.9 Å². The van der Waals surface area contributed by atoms with Crippen molar-refractivity contribution in [2.45, 2.75) is 31.8 Å². The highest BCUT2D eigenvalue weighted by Gasteiger charge is 2.34. The van der Waals surface area contributed by atoms with Gasteiger partial charge in [-0.3, -0.25) is 4.68 Å². The third kappa shape index (κ3) is 3.70. The molecule has 2 aliphatic rings. The van der Waals surface area contributed by atoms with Crippen molar-refractivity contribution in [2.75, 3.05) is 30.5 Å². The van der Waals surface area contributed by atoms with Crippen molar-refractivity contribution in [3.05, 3.63) is 30.7 Å². The molecule has 4 aromatic heterocycles. The summed E-state index contributed by atoms with van der Waals surface area (Å²) in [6.07, 6.45) is 7.55. The molecule has 0 saturated carbocycles. The summed E-state index contributed by atoms with van der Waals surface area (Å²) >= 11 is 0. The van der Waals surface area contributed by atoms with Gasteiger partial charge in [-0.1, -0.05) is 0 Å². The summed E-state index contributed by atoms with van der Waals surface area (Å²) in [6, 6.07) is 3.40. The van der Waals surface area contributed by atoms with Gasteiger partial charge in [-0.05, 0) is 18.9 Å². The van der Waals surface area contributed by atoms with Crippen LogP contribution in [0.15, 0.2) is 30.7 Å². The highest BCUT2D eigenvalue weighted by Crippen LogP contribution is 2.34. The standard InChI is InChI=1S/C23H25N9O3/c1-30-22-15(13-26-30)20-24-7-6-18(28-20)27-19-11-17-14(12-25-19)21(29-32(17)9-4-10-35-22)31-8-3-5-16(31)23(33)34-2/h6-7,11-13,16H,3-5,8-10H2,1-2H3,(H,24,25,27,28). The Bertz CT molecular complexity index is 1410. The lowest BCUT2D eigenvalue weighted by molar-refractivity contribution is -0.141. The molecule has 4 bridgehead atoms. The highest BCUT2D eigenvalue weighted by atomic mass is 16.5. The summed E-state index contributed by atoms with van der Waals surface area (Å²) in [7, 11) is 3.25. The first-order chi connectivity index (χ1) is 17.1. The van der Waals surface area contributed by atoms with E-state index in [4.69, 9.17) is 14.6 Å². The maximum atomic E-state index is 12.4. The molecule has 12 heteroatoms. The molecule has 4 aromatic rings. The fraction of sp³-hybridized carbons (Fsp3) is 0.391. The molecule has 2 aliphatic heterocycles. The number of methoxy groups -OCH3 is 1. The normalized spacial score (nSPS) is 17.5. The zero-order chi connectivity index (χ0) is 23.9. The smallest absolute Gasteiger partial charge is 0.328 e. The van der Waals surface area contributed by atoms with Crippen LogP contribution in [0, 0.1) is 0 Å². The summed E-state index contributed by atoms with van der Waals surface area (Å²) in [5.74, 6) is 2.88. The molecule has 1 N–H and O–H groups in total. The molecule has 0 radical (unpaired) electrons. The van der Waals surface area contributed by atoms with Crippen molar-refractivity contribution >= 4 is 34.3 Å². The summed E-state index contributed by atoms with van der Waals surface area (Å²) in [5.41, 5.74) is 1.64. The Labute approximate surface area is 200 Å². The number of carbonyl (C=O) groups excluding carboxylic acids is 1. The van der Waals surface area contributed by atoms with Crippen LogP contribution >= 0.6 is 0 Å². The molecule has 1 atom stereocenters. The molecule has 180 valence electrons. The van der Waals surface area contributed by atoms with Crippen molar-refractivity contribution in [3.8, 4) is 17.3 Å². The minimum absolute atomic E-state index is 0.241. The van der Waals surface area contributed by atoms with E-state index in [2.05, 4.69) is 25.4 Å². The molecule has 1 saturated heterocycles. The van der Waals surface area contributed by atoms with Crippen LogP contribution in [0.2, 0.25) is 0 Å². The SMILES string of the molecule is COC(=O)C1CCCN1c1nn2c3cc(ncc13)Nc1ccnc(n1)-c1cnn(C)c1OCCC2. The molecule has 12 nitrogen and oxygen atoms in total. The van der Waals surface area contributed by atoms with E-state index in [-0.39, 0.29) is 12.0 Å². The Morgan fingerprint density at radius 3 is 3.00 bits per heavy atom. The summed E-state index contributed by atoms with van der Waals surface area (Å²) in [4.78, 5) is 28.1. The topological polar surface area (TPSA) is 125 Å². The second kappa shape index (κ2) is 8.53. The lowest BCUT2D eigenvalue weighted by Gasteiger charge is -2.22.